The second-order valence-corrected chi connectivity index (χ2v) is 3.14. The molecule has 2 aromatic rings. The van der Waals surface area contributed by atoms with E-state index >= 15 is 0 Å². The van der Waals surface area contributed by atoms with E-state index in [9.17, 15) is 4.39 Å². The predicted octanol–water partition coefficient (Wildman–Crippen LogP) is 4.04. The van der Waals surface area contributed by atoms with Crippen LogP contribution in [0.5, 0.6) is 0 Å². The van der Waals surface area contributed by atoms with Crippen LogP contribution < -0.4 is 0 Å². The summed E-state index contributed by atoms with van der Waals surface area (Å²) in [6, 6.07) is 13.6. The lowest BCUT2D eigenvalue weighted by Gasteiger charge is -2.03. The first kappa shape index (κ1) is 9.42. The van der Waals surface area contributed by atoms with Crippen molar-refractivity contribution in [3.8, 4) is 11.1 Å². The summed E-state index contributed by atoms with van der Waals surface area (Å²) < 4.78 is 13.1. The lowest BCUT2D eigenvalue weighted by atomic mass is 10.0. The maximum atomic E-state index is 13.1. The summed E-state index contributed by atoms with van der Waals surface area (Å²) in [7, 11) is 0. The molecule has 0 saturated heterocycles. The van der Waals surface area contributed by atoms with E-state index in [1.54, 1.807) is 0 Å². The van der Waals surface area contributed by atoms with Crippen molar-refractivity contribution in [2.24, 2.45) is 0 Å². The van der Waals surface area contributed by atoms with Gasteiger partial charge in [0.25, 0.3) is 0 Å². The van der Waals surface area contributed by atoms with Crippen molar-refractivity contribution in [3.05, 3.63) is 65.8 Å². The fraction of sp³-hybridized carbons (Fsp3) is 0. The number of hydrogen-bond acceptors (Lipinski definition) is 0. The molecule has 0 spiro atoms. The van der Waals surface area contributed by atoms with E-state index in [0.717, 1.165) is 5.56 Å². The normalized spacial score (nSPS) is 9.60. The molecule has 0 bridgehead atoms. The minimum atomic E-state index is -0.318. The number of halogens is 1. The van der Waals surface area contributed by atoms with Crippen LogP contribution in [0.25, 0.3) is 16.0 Å². The molecule has 0 aliphatic heterocycles. The van der Waals surface area contributed by atoms with E-state index in [1.807, 2.05) is 30.3 Å². The molecule has 0 aliphatic carbocycles. The average Bonchev–Trinajstić information content (AvgIpc) is 2.30. The van der Waals surface area contributed by atoms with Crippen molar-refractivity contribution in [3.63, 3.8) is 0 Å². The van der Waals surface area contributed by atoms with Crippen LogP contribution in [-0.4, -0.2) is 0 Å². The van der Waals surface area contributed by atoms with Gasteiger partial charge in [-0.05, 0) is 23.3 Å². The van der Waals surface area contributed by atoms with Gasteiger partial charge in [0.15, 0.2) is 5.69 Å². The Labute approximate surface area is 87.6 Å². The summed E-state index contributed by atoms with van der Waals surface area (Å²) >= 11 is 0. The molecule has 0 aromatic heterocycles. The standard InChI is InChI=1S/C13H8FN/c1-15-13-8-7-11(14)9-12(13)10-5-3-2-4-6-10/h2-9H. The van der Waals surface area contributed by atoms with E-state index in [-0.39, 0.29) is 5.82 Å². The van der Waals surface area contributed by atoms with E-state index in [0.29, 0.717) is 11.3 Å². The van der Waals surface area contributed by atoms with Gasteiger partial charge in [0.1, 0.15) is 5.82 Å². The van der Waals surface area contributed by atoms with Gasteiger partial charge in [-0.15, -0.1) is 0 Å². The molecule has 0 N–H and O–H groups in total. The molecule has 0 atom stereocenters. The highest BCUT2D eigenvalue weighted by atomic mass is 19.1. The number of hydrogen-bond donors (Lipinski definition) is 0. The van der Waals surface area contributed by atoms with Crippen molar-refractivity contribution in [1.29, 1.82) is 0 Å². The summed E-state index contributed by atoms with van der Waals surface area (Å²) in [5, 5.41) is 0. The number of benzene rings is 2. The van der Waals surface area contributed by atoms with Crippen LogP contribution in [0.1, 0.15) is 0 Å². The van der Waals surface area contributed by atoms with Gasteiger partial charge < -0.3 is 0 Å². The Hall–Kier alpha value is -2.14. The van der Waals surface area contributed by atoms with E-state index in [1.165, 1.54) is 18.2 Å². The molecule has 1 nitrogen and oxygen atoms in total. The second kappa shape index (κ2) is 3.93. The van der Waals surface area contributed by atoms with Gasteiger partial charge in [-0.25, -0.2) is 9.24 Å². The van der Waals surface area contributed by atoms with Crippen LogP contribution in [0.2, 0.25) is 0 Å². The molecule has 72 valence electrons. The van der Waals surface area contributed by atoms with Gasteiger partial charge in [-0.2, -0.15) is 0 Å². The zero-order valence-electron chi connectivity index (χ0n) is 7.94. The Balaban J connectivity index is 2.62. The third-order valence-corrected chi connectivity index (χ3v) is 2.16. The van der Waals surface area contributed by atoms with Gasteiger partial charge in [-0.1, -0.05) is 36.4 Å². The molecule has 0 saturated carbocycles. The fourth-order valence-corrected chi connectivity index (χ4v) is 1.45. The Morgan fingerprint density at radius 3 is 2.40 bits per heavy atom. The molecular formula is C13H8FN. The van der Waals surface area contributed by atoms with Crippen LogP contribution in [0.4, 0.5) is 10.1 Å². The van der Waals surface area contributed by atoms with E-state index < -0.39 is 0 Å². The van der Waals surface area contributed by atoms with Gasteiger partial charge in [0.2, 0.25) is 0 Å². The first-order valence-corrected chi connectivity index (χ1v) is 4.53. The van der Waals surface area contributed by atoms with Gasteiger partial charge in [0, 0.05) is 0 Å². The smallest absolute Gasteiger partial charge is 0.195 e. The maximum Gasteiger partial charge on any atom is 0.195 e. The molecule has 2 heteroatoms. The summed E-state index contributed by atoms with van der Waals surface area (Å²) in [5.74, 6) is -0.318. The largest absolute Gasteiger partial charge is 0.238 e. The van der Waals surface area contributed by atoms with Crippen molar-refractivity contribution in [2.75, 3.05) is 0 Å². The quantitative estimate of drug-likeness (QED) is 0.607. The summed E-state index contributed by atoms with van der Waals surface area (Å²) in [6.45, 7) is 7.01. The average molecular weight is 197 g/mol. The highest BCUT2D eigenvalue weighted by molar-refractivity contribution is 5.78. The van der Waals surface area contributed by atoms with Crippen LogP contribution in [-0.2, 0) is 0 Å². The van der Waals surface area contributed by atoms with Crippen LogP contribution in [0, 0.1) is 12.4 Å². The molecule has 2 aromatic carbocycles. The first-order valence-electron chi connectivity index (χ1n) is 4.53. The molecule has 0 heterocycles. The lowest BCUT2D eigenvalue weighted by Crippen LogP contribution is -1.80. The monoisotopic (exact) mass is 197 g/mol. The number of rotatable bonds is 1. The topological polar surface area (TPSA) is 4.36 Å². The van der Waals surface area contributed by atoms with E-state index in [2.05, 4.69) is 4.85 Å². The minimum absolute atomic E-state index is 0.318. The molecule has 0 aliphatic rings. The van der Waals surface area contributed by atoms with E-state index in [4.69, 9.17) is 6.57 Å². The second-order valence-electron chi connectivity index (χ2n) is 3.14. The van der Waals surface area contributed by atoms with Crippen LogP contribution in [0.15, 0.2) is 48.5 Å². The summed E-state index contributed by atoms with van der Waals surface area (Å²) in [4.78, 5) is 3.37. The summed E-state index contributed by atoms with van der Waals surface area (Å²) in [5.41, 5.74) is 1.98. The van der Waals surface area contributed by atoms with Crippen molar-refractivity contribution in [2.45, 2.75) is 0 Å². The molecule has 2 rings (SSSR count). The molecule has 0 fully saturated rings. The Morgan fingerprint density at radius 2 is 1.73 bits per heavy atom. The summed E-state index contributed by atoms with van der Waals surface area (Å²) in [6.07, 6.45) is 0. The lowest BCUT2D eigenvalue weighted by molar-refractivity contribution is 0.628. The van der Waals surface area contributed by atoms with Crippen LogP contribution in [0.3, 0.4) is 0 Å². The zero-order valence-corrected chi connectivity index (χ0v) is 7.94. The van der Waals surface area contributed by atoms with Crippen molar-refractivity contribution in [1.82, 2.24) is 0 Å². The highest BCUT2D eigenvalue weighted by Gasteiger charge is 2.05. The van der Waals surface area contributed by atoms with Crippen LogP contribution >= 0.6 is 0 Å². The SMILES string of the molecule is [C-]#[N+]c1ccc(F)cc1-c1ccccc1. The Kier molecular flexibility index (Phi) is 2.47. The van der Waals surface area contributed by atoms with Crippen molar-refractivity contribution >= 4 is 5.69 Å². The predicted molar refractivity (Wildman–Crippen MR) is 58.1 cm³/mol. The molecule has 0 unspecified atom stereocenters. The third kappa shape index (κ3) is 1.87. The number of nitrogens with zero attached hydrogens (tertiary/aromatic N) is 1. The fourth-order valence-electron chi connectivity index (χ4n) is 1.45. The Morgan fingerprint density at radius 1 is 1.00 bits per heavy atom. The van der Waals surface area contributed by atoms with Gasteiger partial charge in [0.05, 0.1) is 6.57 Å². The van der Waals surface area contributed by atoms with Crippen molar-refractivity contribution < 1.29 is 4.39 Å². The molecule has 0 amide bonds. The molecule has 0 radical (unpaired) electrons. The maximum absolute atomic E-state index is 13.1. The zero-order chi connectivity index (χ0) is 10.7. The van der Waals surface area contributed by atoms with Gasteiger partial charge in [-0.3, -0.25) is 0 Å². The molecule has 15 heavy (non-hydrogen) atoms. The van der Waals surface area contributed by atoms with Gasteiger partial charge >= 0.3 is 0 Å². The first-order chi connectivity index (χ1) is 7.31. The third-order valence-electron chi connectivity index (χ3n) is 2.16. The Bertz CT molecular complexity index is 512. The minimum Gasteiger partial charge on any atom is -0.238 e. The highest BCUT2D eigenvalue weighted by Crippen LogP contribution is 2.30. The molecular weight excluding hydrogens is 189 g/mol.